The Labute approximate surface area is 119 Å². The second-order valence-corrected chi connectivity index (χ2v) is 5.77. The van der Waals surface area contributed by atoms with Crippen molar-refractivity contribution in [3.63, 3.8) is 0 Å². The van der Waals surface area contributed by atoms with Crippen molar-refractivity contribution in [1.29, 1.82) is 0 Å². The molecule has 0 aliphatic heterocycles. The summed E-state index contributed by atoms with van der Waals surface area (Å²) in [6, 6.07) is 10.1. The molecule has 0 unspecified atom stereocenters. The molecular formula is C15H17N3S. The first-order valence-corrected chi connectivity index (χ1v) is 6.58. The third kappa shape index (κ3) is 2.98. The van der Waals surface area contributed by atoms with Crippen molar-refractivity contribution in [3.05, 3.63) is 41.6 Å². The van der Waals surface area contributed by atoms with Gasteiger partial charge in [-0.25, -0.2) is 4.68 Å². The van der Waals surface area contributed by atoms with Gasteiger partial charge in [-0.1, -0.05) is 38.5 Å². The Hall–Kier alpha value is -1.77. The first kappa shape index (κ1) is 13.7. The van der Waals surface area contributed by atoms with E-state index in [1.54, 1.807) is 4.68 Å². The van der Waals surface area contributed by atoms with Gasteiger partial charge in [0.15, 0.2) is 5.82 Å². The molecule has 0 radical (unpaired) electrons. The Bertz CT molecular complexity index is 626. The van der Waals surface area contributed by atoms with E-state index in [1.165, 1.54) is 5.56 Å². The molecule has 3 nitrogen and oxygen atoms in total. The fourth-order valence-corrected chi connectivity index (χ4v) is 1.83. The largest absolute Gasteiger partial charge is 0.214 e. The van der Waals surface area contributed by atoms with Crippen molar-refractivity contribution in [2.24, 2.45) is 4.99 Å². The number of hydrogen-bond donors (Lipinski definition) is 0. The zero-order valence-corrected chi connectivity index (χ0v) is 12.5. The number of nitrogens with zero attached hydrogens (tertiary/aromatic N) is 3. The van der Waals surface area contributed by atoms with Crippen LogP contribution in [0.4, 0.5) is 5.82 Å². The Morgan fingerprint density at radius 1 is 1.21 bits per heavy atom. The van der Waals surface area contributed by atoms with E-state index >= 15 is 0 Å². The highest BCUT2D eigenvalue weighted by Crippen LogP contribution is 2.27. The van der Waals surface area contributed by atoms with Crippen molar-refractivity contribution < 1.29 is 0 Å². The summed E-state index contributed by atoms with van der Waals surface area (Å²) in [6.45, 7) is 8.43. The first-order chi connectivity index (χ1) is 8.91. The summed E-state index contributed by atoms with van der Waals surface area (Å²) in [5, 5.41) is 7.05. The number of rotatable bonds is 2. The molecule has 98 valence electrons. The fourth-order valence-electron chi connectivity index (χ4n) is 1.74. The van der Waals surface area contributed by atoms with Crippen molar-refractivity contribution in [2.45, 2.75) is 33.1 Å². The lowest BCUT2D eigenvalue weighted by molar-refractivity contribution is 0.560. The molecule has 1 aromatic carbocycles. The topological polar surface area (TPSA) is 30.2 Å². The Kier molecular flexibility index (Phi) is 3.65. The smallest absolute Gasteiger partial charge is 0.166 e. The number of thiocarbonyl (C=S) groups is 1. The van der Waals surface area contributed by atoms with Gasteiger partial charge in [0.25, 0.3) is 0 Å². The molecule has 0 bridgehead atoms. The zero-order chi connectivity index (χ0) is 14.0. The second-order valence-electron chi connectivity index (χ2n) is 5.59. The van der Waals surface area contributed by atoms with Gasteiger partial charge in [0.1, 0.15) is 0 Å². The van der Waals surface area contributed by atoms with Crippen molar-refractivity contribution in [2.75, 3.05) is 0 Å². The maximum atomic E-state index is 4.71. The normalized spacial score (nSPS) is 11.2. The highest BCUT2D eigenvalue weighted by Gasteiger charge is 2.20. The van der Waals surface area contributed by atoms with Crippen molar-refractivity contribution in [1.82, 2.24) is 9.78 Å². The van der Waals surface area contributed by atoms with Crippen LogP contribution in [0.5, 0.6) is 0 Å². The third-order valence-electron chi connectivity index (χ3n) is 2.90. The van der Waals surface area contributed by atoms with E-state index in [-0.39, 0.29) is 5.41 Å². The summed E-state index contributed by atoms with van der Waals surface area (Å²) in [6.07, 6.45) is 0. The average Bonchev–Trinajstić information content (AvgIpc) is 2.74. The maximum absolute atomic E-state index is 4.71. The Morgan fingerprint density at radius 3 is 2.37 bits per heavy atom. The van der Waals surface area contributed by atoms with Gasteiger partial charge in [0.05, 0.1) is 16.5 Å². The van der Waals surface area contributed by atoms with Gasteiger partial charge in [-0.3, -0.25) is 0 Å². The van der Waals surface area contributed by atoms with Crippen molar-refractivity contribution >= 4 is 23.2 Å². The molecule has 0 fully saturated rings. The summed E-state index contributed by atoms with van der Waals surface area (Å²) in [5.41, 5.74) is 3.15. The summed E-state index contributed by atoms with van der Waals surface area (Å²) >= 11 is 4.71. The zero-order valence-electron chi connectivity index (χ0n) is 11.6. The lowest BCUT2D eigenvalue weighted by Crippen LogP contribution is -2.12. The van der Waals surface area contributed by atoms with Gasteiger partial charge in [-0.05, 0) is 31.3 Å². The lowest BCUT2D eigenvalue weighted by atomic mass is 9.92. The van der Waals surface area contributed by atoms with Gasteiger partial charge in [-0.15, -0.1) is 0 Å². The predicted octanol–water partition coefficient (Wildman–Crippen LogP) is 4.21. The molecule has 0 N–H and O–H groups in total. The molecule has 0 saturated heterocycles. The molecule has 0 aliphatic rings. The second kappa shape index (κ2) is 5.08. The van der Waals surface area contributed by atoms with Gasteiger partial charge >= 0.3 is 0 Å². The average molecular weight is 271 g/mol. The van der Waals surface area contributed by atoms with Gasteiger partial charge in [-0.2, -0.15) is 10.1 Å². The number of hydrogen-bond acceptors (Lipinski definition) is 3. The predicted molar refractivity (Wildman–Crippen MR) is 81.7 cm³/mol. The molecule has 1 aromatic heterocycles. The summed E-state index contributed by atoms with van der Waals surface area (Å²) in [7, 11) is 0. The molecule has 0 amide bonds. The quantitative estimate of drug-likeness (QED) is 0.605. The van der Waals surface area contributed by atoms with Crippen LogP contribution in [0, 0.1) is 6.92 Å². The number of aryl methyl sites for hydroxylation is 1. The van der Waals surface area contributed by atoms with E-state index in [0.29, 0.717) is 5.82 Å². The van der Waals surface area contributed by atoms with Crippen LogP contribution in [0.25, 0.3) is 5.69 Å². The number of isothiocyanates is 1. The Morgan fingerprint density at radius 2 is 1.84 bits per heavy atom. The molecule has 0 saturated carbocycles. The van der Waals surface area contributed by atoms with Gasteiger partial charge in [0.2, 0.25) is 0 Å². The van der Waals surface area contributed by atoms with Crippen LogP contribution >= 0.6 is 12.2 Å². The molecule has 0 atom stereocenters. The molecule has 4 heteroatoms. The van der Waals surface area contributed by atoms with Crippen LogP contribution in [0.2, 0.25) is 0 Å². The van der Waals surface area contributed by atoms with Gasteiger partial charge < -0.3 is 0 Å². The van der Waals surface area contributed by atoms with E-state index in [2.05, 4.69) is 55.1 Å². The number of aliphatic imine (C=N–C) groups is 1. The van der Waals surface area contributed by atoms with E-state index < -0.39 is 0 Å². The lowest BCUT2D eigenvalue weighted by Gasteiger charge is -2.14. The van der Waals surface area contributed by atoms with E-state index in [1.807, 2.05) is 18.2 Å². The molecule has 0 spiro atoms. The molecule has 0 aliphatic carbocycles. The molecule has 19 heavy (non-hydrogen) atoms. The van der Waals surface area contributed by atoms with Crippen LogP contribution in [-0.4, -0.2) is 14.9 Å². The number of benzene rings is 1. The van der Waals surface area contributed by atoms with E-state index in [0.717, 1.165) is 11.4 Å². The Balaban J connectivity index is 2.58. The minimum absolute atomic E-state index is 0.0261. The molecular weight excluding hydrogens is 254 g/mol. The van der Waals surface area contributed by atoms with Crippen LogP contribution in [-0.2, 0) is 5.41 Å². The molecule has 2 aromatic rings. The van der Waals surface area contributed by atoms with Crippen molar-refractivity contribution in [3.8, 4) is 5.69 Å². The summed E-state index contributed by atoms with van der Waals surface area (Å²) in [4.78, 5) is 4.10. The van der Waals surface area contributed by atoms with Gasteiger partial charge in [0, 0.05) is 11.5 Å². The monoisotopic (exact) mass is 271 g/mol. The van der Waals surface area contributed by atoms with Crippen LogP contribution in [0.3, 0.4) is 0 Å². The standard InChI is InChI=1S/C15H17N3S/c1-11-5-7-12(8-6-11)18-14(16-10-19)9-13(17-18)15(2,3)4/h5-9H,1-4H3. The summed E-state index contributed by atoms with van der Waals surface area (Å²) < 4.78 is 1.80. The van der Waals surface area contributed by atoms with E-state index in [4.69, 9.17) is 12.2 Å². The maximum Gasteiger partial charge on any atom is 0.166 e. The fraction of sp³-hybridized carbons (Fsp3) is 0.333. The molecule has 1 heterocycles. The SMILES string of the molecule is Cc1ccc(-n2nc(C(C)(C)C)cc2N=C=S)cc1. The highest BCUT2D eigenvalue weighted by molar-refractivity contribution is 7.78. The van der Waals surface area contributed by atoms with Crippen LogP contribution < -0.4 is 0 Å². The summed E-state index contributed by atoms with van der Waals surface area (Å²) in [5.74, 6) is 0.712. The van der Waals surface area contributed by atoms with E-state index in [9.17, 15) is 0 Å². The van der Waals surface area contributed by atoms with Crippen LogP contribution in [0.15, 0.2) is 35.3 Å². The third-order valence-corrected chi connectivity index (χ3v) is 2.99. The molecule has 2 rings (SSSR count). The highest BCUT2D eigenvalue weighted by atomic mass is 32.1. The number of aromatic nitrogens is 2. The minimum atomic E-state index is -0.0261. The minimum Gasteiger partial charge on any atom is -0.214 e. The van der Waals surface area contributed by atoms with Crippen LogP contribution in [0.1, 0.15) is 32.0 Å². The first-order valence-electron chi connectivity index (χ1n) is 6.17.